The Bertz CT molecular complexity index is 611. The van der Waals surface area contributed by atoms with E-state index in [1.807, 2.05) is 0 Å². The average Bonchev–Trinajstić information content (AvgIpc) is 2.58. The van der Waals surface area contributed by atoms with E-state index in [1.165, 1.54) is 6.07 Å². The van der Waals surface area contributed by atoms with Crippen molar-refractivity contribution >= 4 is 11.8 Å². The molecule has 2 amide bonds. The first-order valence-corrected chi connectivity index (χ1v) is 8.13. The van der Waals surface area contributed by atoms with Gasteiger partial charge in [0.25, 0.3) is 0 Å². The van der Waals surface area contributed by atoms with Gasteiger partial charge >= 0.3 is 12.1 Å². The van der Waals surface area contributed by atoms with Crippen LogP contribution in [0.1, 0.15) is 24.8 Å². The highest BCUT2D eigenvalue weighted by molar-refractivity contribution is 5.81. The Morgan fingerprint density at radius 1 is 1.16 bits per heavy atom. The van der Waals surface area contributed by atoms with Gasteiger partial charge in [0, 0.05) is 26.1 Å². The lowest BCUT2D eigenvalue weighted by Gasteiger charge is -2.32. The van der Waals surface area contributed by atoms with E-state index >= 15 is 0 Å². The fourth-order valence-electron chi connectivity index (χ4n) is 2.82. The van der Waals surface area contributed by atoms with Crippen LogP contribution in [0, 0.1) is 11.7 Å². The maximum absolute atomic E-state index is 13.5. The molecule has 0 aliphatic carbocycles. The smallest absolute Gasteiger partial charge is 0.356 e. The first-order chi connectivity index (χ1) is 11.8. The second kappa shape index (κ2) is 8.31. The molecule has 0 radical (unpaired) electrons. The molecule has 2 rings (SSSR count). The Morgan fingerprint density at radius 3 is 2.40 bits per heavy atom. The number of halogens is 4. The summed E-state index contributed by atoms with van der Waals surface area (Å²) in [6, 6.07) is 6.24. The predicted molar refractivity (Wildman–Crippen MR) is 83.1 cm³/mol. The molecular weight excluding hydrogens is 340 g/mol. The lowest BCUT2D eigenvalue weighted by molar-refractivity contribution is -0.186. The zero-order chi connectivity index (χ0) is 18.4. The van der Waals surface area contributed by atoms with Crippen LogP contribution in [0.25, 0.3) is 0 Å². The van der Waals surface area contributed by atoms with Crippen LogP contribution < -0.4 is 5.32 Å². The highest BCUT2D eigenvalue weighted by atomic mass is 19.4. The van der Waals surface area contributed by atoms with E-state index in [4.69, 9.17) is 0 Å². The highest BCUT2D eigenvalue weighted by Gasteiger charge is 2.43. The van der Waals surface area contributed by atoms with Gasteiger partial charge in [-0.2, -0.15) is 13.2 Å². The quantitative estimate of drug-likeness (QED) is 0.821. The van der Waals surface area contributed by atoms with Crippen molar-refractivity contribution in [3.05, 3.63) is 35.6 Å². The average molecular weight is 360 g/mol. The molecule has 0 bridgehead atoms. The zero-order valence-electron chi connectivity index (χ0n) is 13.6. The van der Waals surface area contributed by atoms with Gasteiger partial charge < -0.3 is 10.2 Å². The molecule has 1 aliphatic heterocycles. The molecular formula is C17H20F4N2O2. The van der Waals surface area contributed by atoms with E-state index in [0.717, 1.165) is 4.90 Å². The van der Waals surface area contributed by atoms with Crippen molar-refractivity contribution in [3.63, 3.8) is 0 Å². The number of nitrogens with zero attached hydrogens (tertiary/aromatic N) is 1. The van der Waals surface area contributed by atoms with Gasteiger partial charge in [-0.15, -0.1) is 0 Å². The molecule has 0 spiro atoms. The summed E-state index contributed by atoms with van der Waals surface area (Å²) in [7, 11) is 0. The molecule has 25 heavy (non-hydrogen) atoms. The van der Waals surface area contributed by atoms with Crippen LogP contribution in [0.5, 0.6) is 0 Å². The molecule has 1 aliphatic rings. The summed E-state index contributed by atoms with van der Waals surface area (Å²) in [4.78, 5) is 23.8. The van der Waals surface area contributed by atoms with E-state index in [0.29, 0.717) is 24.9 Å². The number of likely N-dealkylation sites (tertiary alicyclic amines) is 1. The summed E-state index contributed by atoms with van der Waals surface area (Å²) in [5, 5.41) is 2.73. The number of amides is 2. The standard InChI is InChI=1S/C17H20F4N2O2/c18-14-4-2-1-3-13(14)5-6-15(24)22-11-12-7-9-23(10-8-12)16(25)17(19,20)21/h1-4,12H,5-11H2,(H,22,24). The largest absolute Gasteiger partial charge is 0.471 e. The first-order valence-electron chi connectivity index (χ1n) is 8.13. The molecule has 138 valence electrons. The Balaban J connectivity index is 1.68. The van der Waals surface area contributed by atoms with Crippen molar-refractivity contribution in [2.24, 2.45) is 5.92 Å². The monoisotopic (exact) mass is 360 g/mol. The number of piperidine rings is 1. The van der Waals surface area contributed by atoms with Crippen molar-refractivity contribution in [1.29, 1.82) is 0 Å². The number of hydrogen-bond acceptors (Lipinski definition) is 2. The third kappa shape index (κ3) is 5.72. The van der Waals surface area contributed by atoms with Crippen LogP contribution in [0.15, 0.2) is 24.3 Å². The van der Waals surface area contributed by atoms with Crippen LogP contribution in [0.3, 0.4) is 0 Å². The fraction of sp³-hybridized carbons (Fsp3) is 0.529. The third-order valence-electron chi connectivity index (χ3n) is 4.31. The van der Waals surface area contributed by atoms with Crippen LogP contribution >= 0.6 is 0 Å². The first kappa shape index (κ1) is 19.2. The van der Waals surface area contributed by atoms with E-state index in [-0.39, 0.29) is 43.6 Å². The fourth-order valence-corrected chi connectivity index (χ4v) is 2.82. The summed E-state index contributed by atoms with van der Waals surface area (Å²) in [5.74, 6) is -2.34. The molecule has 1 fully saturated rings. The van der Waals surface area contributed by atoms with Gasteiger partial charge in [-0.05, 0) is 36.8 Å². The van der Waals surface area contributed by atoms with Crippen molar-refractivity contribution in [1.82, 2.24) is 10.2 Å². The Kier molecular flexibility index (Phi) is 6.39. The summed E-state index contributed by atoms with van der Waals surface area (Å²) >= 11 is 0. The summed E-state index contributed by atoms with van der Waals surface area (Å²) in [5.41, 5.74) is 0.469. The van der Waals surface area contributed by atoms with E-state index in [2.05, 4.69) is 5.32 Å². The minimum atomic E-state index is -4.84. The van der Waals surface area contributed by atoms with Crippen molar-refractivity contribution in [3.8, 4) is 0 Å². The summed E-state index contributed by atoms with van der Waals surface area (Å²) in [6.45, 7) is 0.423. The van der Waals surface area contributed by atoms with E-state index in [1.54, 1.807) is 18.2 Å². The van der Waals surface area contributed by atoms with Crippen LogP contribution in [-0.2, 0) is 16.0 Å². The second-order valence-corrected chi connectivity index (χ2v) is 6.13. The van der Waals surface area contributed by atoms with Gasteiger partial charge in [-0.25, -0.2) is 4.39 Å². The van der Waals surface area contributed by atoms with Gasteiger partial charge in [0.1, 0.15) is 5.82 Å². The van der Waals surface area contributed by atoms with Gasteiger partial charge in [0.2, 0.25) is 5.91 Å². The minimum Gasteiger partial charge on any atom is -0.356 e. The Morgan fingerprint density at radius 2 is 1.80 bits per heavy atom. The number of benzene rings is 1. The molecule has 8 heteroatoms. The van der Waals surface area contributed by atoms with Crippen LogP contribution in [0.2, 0.25) is 0 Å². The zero-order valence-corrected chi connectivity index (χ0v) is 13.6. The van der Waals surface area contributed by atoms with Crippen LogP contribution in [0.4, 0.5) is 17.6 Å². The maximum atomic E-state index is 13.5. The molecule has 1 N–H and O–H groups in total. The third-order valence-corrected chi connectivity index (χ3v) is 4.31. The number of aryl methyl sites for hydroxylation is 1. The lowest BCUT2D eigenvalue weighted by atomic mass is 9.96. The number of hydrogen-bond donors (Lipinski definition) is 1. The van der Waals surface area contributed by atoms with Crippen LogP contribution in [-0.4, -0.2) is 42.5 Å². The minimum absolute atomic E-state index is 0.0358. The molecule has 0 unspecified atom stereocenters. The normalized spacial score (nSPS) is 15.9. The lowest BCUT2D eigenvalue weighted by Crippen LogP contribution is -2.46. The maximum Gasteiger partial charge on any atom is 0.471 e. The van der Waals surface area contributed by atoms with Gasteiger partial charge in [0.15, 0.2) is 0 Å². The number of carbonyl (C=O) groups excluding carboxylic acids is 2. The molecule has 1 aromatic rings. The second-order valence-electron chi connectivity index (χ2n) is 6.13. The number of nitrogens with one attached hydrogen (secondary N) is 1. The number of carbonyl (C=O) groups is 2. The number of alkyl halides is 3. The van der Waals surface area contributed by atoms with Gasteiger partial charge in [0.05, 0.1) is 0 Å². The molecule has 1 heterocycles. The Labute approximate surface area is 143 Å². The molecule has 0 atom stereocenters. The van der Waals surface area contributed by atoms with Crippen molar-refractivity contribution < 1.29 is 27.2 Å². The molecule has 0 saturated carbocycles. The highest BCUT2D eigenvalue weighted by Crippen LogP contribution is 2.23. The number of rotatable bonds is 5. The Hall–Kier alpha value is -2.12. The topological polar surface area (TPSA) is 49.4 Å². The van der Waals surface area contributed by atoms with Gasteiger partial charge in [-0.3, -0.25) is 9.59 Å². The van der Waals surface area contributed by atoms with Crippen molar-refractivity contribution in [2.45, 2.75) is 31.9 Å². The molecule has 4 nitrogen and oxygen atoms in total. The molecule has 1 aromatic carbocycles. The SMILES string of the molecule is O=C(CCc1ccccc1F)NCC1CCN(C(=O)C(F)(F)F)CC1. The van der Waals surface area contributed by atoms with Crippen molar-refractivity contribution in [2.75, 3.05) is 19.6 Å². The summed E-state index contributed by atoms with van der Waals surface area (Å²) < 4.78 is 50.5. The predicted octanol–water partition coefficient (Wildman–Crippen LogP) is 2.68. The molecule has 0 aromatic heterocycles. The molecule has 1 saturated heterocycles. The summed E-state index contributed by atoms with van der Waals surface area (Å²) in [6.07, 6.45) is -3.58. The van der Waals surface area contributed by atoms with Gasteiger partial charge in [-0.1, -0.05) is 18.2 Å². The van der Waals surface area contributed by atoms with E-state index < -0.39 is 12.1 Å². The van der Waals surface area contributed by atoms with E-state index in [9.17, 15) is 27.2 Å².